The molecule has 3 saturated carbocycles. The van der Waals surface area contributed by atoms with Crippen LogP contribution in [0, 0.1) is 28.6 Å². The van der Waals surface area contributed by atoms with Crippen LogP contribution in [0.4, 0.5) is 9.18 Å². The number of rotatable bonds is 3. The van der Waals surface area contributed by atoms with Crippen molar-refractivity contribution in [1.82, 2.24) is 0 Å². The SMILES string of the molecule is COC(=O)OC1(C(=O)OCCl)C(C)C[C@H]2[C@@H]3CCC4=CC(=O)C=C[C@]4(C)[C@]3(F)C(O)C[C@@]21C. The van der Waals surface area contributed by atoms with E-state index in [1.165, 1.54) is 12.2 Å². The summed E-state index contributed by atoms with van der Waals surface area (Å²) in [6.07, 6.45) is 2.98. The number of fused-ring (bicyclic) bond motifs is 5. The summed E-state index contributed by atoms with van der Waals surface area (Å²) in [7, 11) is 1.14. The van der Waals surface area contributed by atoms with Gasteiger partial charge in [-0.25, -0.2) is 14.0 Å². The summed E-state index contributed by atoms with van der Waals surface area (Å²) >= 11 is 5.68. The number of alkyl halides is 2. The molecule has 0 saturated heterocycles. The third-order valence-corrected chi connectivity index (χ3v) is 9.19. The van der Waals surface area contributed by atoms with E-state index in [9.17, 15) is 19.5 Å². The molecule has 4 rings (SSSR count). The predicted octanol–water partition coefficient (Wildman–Crippen LogP) is 3.86. The normalized spacial score (nSPS) is 45.9. The third-order valence-electron chi connectivity index (χ3n) is 9.08. The van der Waals surface area contributed by atoms with E-state index in [0.29, 0.717) is 24.8 Å². The number of esters is 1. The van der Waals surface area contributed by atoms with Crippen molar-refractivity contribution in [2.45, 2.75) is 63.8 Å². The van der Waals surface area contributed by atoms with Crippen LogP contribution in [0.2, 0.25) is 0 Å². The Labute approximate surface area is 197 Å². The molecule has 8 atom stereocenters. The first-order valence-corrected chi connectivity index (χ1v) is 11.8. The quantitative estimate of drug-likeness (QED) is 0.479. The minimum absolute atomic E-state index is 0.145. The molecule has 33 heavy (non-hydrogen) atoms. The molecule has 3 fully saturated rings. The second-order valence-electron chi connectivity index (χ2n) is 10.2. The van der Waals surface area contributed by atoms with Crippen LogP contribution in [-0.2, 0) is 23.8 Å². The molecule has 0 aromatic heterocycles. The van der Waals surface area contributed by atoms with Crippen molar-refractivity contribution in [1.29, 1.82) is 0 Å². The van der Waals surface area contributed by atoms with Crippen molar-refractivity contribution in [3.63, 3.8) is 0 Å². The maximum atomic E-state index is 17.2. The highest BCUT2D eigenvalue weighted by Gasteiger charge is 2.78. The molecular weight excluding hydrogens is 455 g/mol. The van der Waals surface area contributed by atoms with Crippen LogP contribution >= 0.6 is 11.6 Å². The number of ketones is 1. The minimum Gasteiger partial charge on any atom is -0.446 e. The van der Waals surface area contributed by atoms with Crippen LogP contribution in [0.15, 0.2) is 23.8 Å². The van der Waals surface area contributed by atoms with E-state index in [-0.39, 0.29) is 12.2 Å². The van der Waals surface area contributed by atoms with Crippen LogP contribution in [0.25, 0.3) is 0 Å². The first-order chi connectivity index (χ1) is 15.4. The average molecular weight is 485 g/mol. The van der Waals surface area contributed by atoms with E-state index in [1.807, 2.05) is 0 Å². The van der Waals surface area contributed by atoms with Gasteiger partial charge in [0, 0.05) is 22.7 Å². The molecule has 182 valence electrons. The van der Waals surface area contributed by atoms with Crippen LogP contribution in [0.3, 0.4) is 0 Å². The number of hydrogen-bond acceptors (Lipinski definition) is 7. The molecule has 0 aromatic carbocycles. The average Bonchev–Trinajstić information content (AvgIpc) is 2.97. The van der Waals surface area contributed by atoms with Crippen molar-refractivity contribution in [3.8, 4) is 0 Å². The Balaban J connectivity index is 1.84. The molecule has 0 aliphatic heterocycles. The number of methoxy groups -OCH3 is 1. The van der Waals surface area contributed by atoms with Crippen molar-refractivity contribution < 1.29 is 38.1 Å². The molecule has 0 amide bonds. The van der Waals surface area contributed by atoms with Gasteiger partial charge in [-0.05, 0) is 50.7 Å². The van der Waals surface area contributed by atoms with Crippen LogP contribution in [-0.4, -0.2) is 53.6 Å². The molecule has 3 unspecified atom stereocenters. The number of aliphatic hydroxyl groups excluding tert-OH is 1. The maximum Gasteiger partial charge on any atom is 0.509 e. The van der Waals surface area contributed by atoms with E-state index in [0.717, 1.165) is 7.11 Å². The largest absolute Gasteiger partial charge is 0.509 e. The summed E-state index contributed by atoms with van der Waals surface area (Å²) in [4.78, 5) is 37.5. The molecule has 4 aliphatic carbocycles. The lowest BCUT2D eigenvalue weighted by Gasteiger charge is -2.62. The molecule has 0 heterocycles. The summed E-state index contributed by atoms with van der Waals surface area (Å²) < 4.78 is 32.7. The first-order valence-electron chi connectivity index (χ1n) is 11.2. The van der Waals surface area contributed by atoms with Gasteiger partial charge in [0.15, 0.2) is 17.5 Å². The predicted molar refractivity (Wildman–Crippen MR) is 116 cm³/mol. The molecule has 1 N–H and O–H groups in total. The Hall–Kier alpha value is -1.93. The molecule has 4 aliphatic rings. The molecule has 9 heteroatoms. The van der Waals surface area contributed by atoms with Gasteiger partial charge in [0.2, 0.25) is 5.60 Å². The molecule has 0 aromatic rings. The Morgan fingerprint density at radius 2 is 2.00 bits per heavy atom. The van der Waals surface area contributed by atoms with E-state index in [4.69, 9.17) is 25.8 Å². The van der Waals surface area contributed by atoms with Gasteiger partial charge in [0.25, 0.3) is 0 Å². The van der Waals surface area contributed by atoms with Gasteiger partial charge in [-0.2, -0.15) is 0 Å². The summed E-state index contributed by atoms with van der Waals surface area (Å²) in [5.41, 5.74) is -5.47. The number of aliphatic hydroxyl groups is 1. The zero-order valence-corrected chi connectivity index (χ0v) is 20.0. The zero-order chi connectivity index (χ0) is 24.4. The fourth-order valence-electron chi connectivity index (χ4n) is 7.55. The summed E-state index contributed by atoms with van der Waals surface area (Å²) in [6.45, 7) is 5.22. The van der Waals surface area contributed by atoms with Crippen molar-refractivity contribution in [3.05, 3.63) is 23.8 Å². The smallest absolute Gasteiger partial charge is 0.446 e. The maximum absolute atomic E-state index is 17.2. The van der Waals surface area contributed by atoms with E-state index in [1.54, 1.807) is 26.8 Å². The van der Waals surface area contributed by atoms with Gasteiger partial charge in [-0.1, -0.05) is 37.1 Å². The second-order valence-corrected chi connectivity index (χ2v) is 10.5. The third kappa shape index (κ3) is 2.92. The monoisotopic (exact) mass is 484 g/mol. The molecular formula is C24H30ClFO7. The lowest BCUT2D eigenvalue weighted by molar-refractivity contribution is -0.229. The molecule has 0 spiro atoms. The van der Waals surface area contributed by atoms with Crippen molar-refractivity contribution >= 4 is 29.5 Å². The Morgan fingerprint density at radius 1 is 1.30 bits per heavy atom. The van der Waals surface area contributed by atoms with E-state index in [2.05, 4.69) is 0 Å². The van der Waals surface area contributed by atoms with Gasteiger partial charge in [-0.15, -0.1) is 0 Å². The fraction of sp³-hybridized carbons (Fsp3) is 0.708. The number of allylic oxidation sites excluding steroid dienone is 4. The Kier molecular flexibility index (Phi) is 5.72. The van der Waals surface area contributed by atoms with Crippen LogP contribution < -0.4 is 0 Å². The van der Waals surface area contributed by atoms with Gasteiger partial charge in [0.05, 0.1) is 13.2 Å². The van der Waals surface area contributed by atoms with Crippen molar-refractivity contribution in [2.24, 2.45) is 28.6 Å². The summed E-state index contributed by atoms with van der Waals surface area (Å²) in [6, 6.07) is -0.442. The summed E-state index contributed by atoms with van der Waals surface area (Å²) in [5, 5.41) is 11.4. The number of halogens is 2. The lowest BCUT2D eigenvalue weighted by Crippen LogP contribution is -2.70. The molecule has 7 nitrogen and oxygen atoms in total. The standard InChI is InChI=1S/C24H30ClFO7/c1-13-9-17-16-6-5-14-10-15(27)7-8-21(14,2)23(16,26)18(28)11-22(17,3)24(13,19(29)32-12-25)33-20(30)31-4/h7-8,10,13,16-18,28H,5-6,9,11-12H2,1-4H3/t13?,16-,17-,18?,21-,22-,23+,24?/m0/s1. The summed E-state index contributed by atoms with van der Waals surface area (Å²) in [5.74, 6) is -2.60. The lowest BCUT2D eigenvalue weighted by atomic mass is 9.44. The van der Waals surface area contributed by atoms with Gasteiger partial charge in [0.1, 0.15) is 0 Å². The van der Waals surface area contributed by atoms with Crippen LogP contribution in [0.5, 0.6) is 0 Å². The molecule has 0 radical (unpaired) electrons. The highest BCUT2D eigenvalue weighted by atomic mass is 35.5. The first kappa shape index (κ1) is 24.2. The molecule has 0 bridgehead atoms. The Bertz CT molecular complexity index is 949. The fourth-order valence-corrected chi connectivity index (χ4v) is 7.65. The zero-order valence-electron chi connectivity index (χ0n) is 19.2. The topological polar surface area (TPSA) is 99.1 Å². The number of ether oxygens (including phenoxy) is 3. The number of carbonyl (C=O) groups excluding carboxylic acids is 3. The highest BCUT2D eigenvalue weighted by Crippen LogP contribution is 2.71. The van der Waals surface area contributed by atoms with Crippen molar-refractivity contribution in [2.75, 3.05) is 13.2 Å². The van der Waals surface area contributed by atoms with E-state index >= 15 is 4.39 Å². The number of carbonyl (C=O) groups is 3. The van der Waals surface area contributed by atoms with Gasteiger partial charge >= 0.3 is 12.1 Å². The van der Waals surface area contributed by atoms with Gasteiger partial charge in [-0.3, -0.25) is 4.79 Å². The number of hydrogen-bond donors (Lipinski definition) is 1. The highest BCUT2D eigenvalue weighted by molar-refractivity contribution is 6.17. The minimum atomic E-state index is -2.06. The van der Waals surface area contributed by atoms with E-state index < -0.39 is 64.1 Å². The Morgan fingerprint density at radius 3 is 2.64 bits per heavy atom. The van der Waals surface area contributed by atoms with Crippen LogP contribution in [0.1, 0.15) is 46.5 Å². The van der Waals surface area contributed by atoms with Gasteiger partial charge < -0.3 is 19.3 Å². The second kappa shape index (κ2) is 7.80.